The molecule has 0 saturated carbocycles. The molecule has 0 aliphatic heterocycles. The monoisotopic (exact) mass is 389 g/mol. The lowest BCUT2D eigenvalue weighted by molar-refractivity contribution is 0.0696. The first-order valence-corrected chi connectivity index (χ1v) is 8.98. The van der Waals surface area contributed by atoms with Gasteiger partial charge in [-0.1, -0.05) is 0 Å². The van der Waals surface area contributed by atoms with Gasteiger partial charge in [0.05, 0.1) is 5.56 Å². The van der Waals surface area contributed by atoms with Crippen LogP contribution in [0.2, 0.25) is 0 Å². The summed E-state index contributed by atoms with van der Waals surface area (Å²) < 4.78 is 27.6. The molecule has 0 aliphatic rings. The van der Waals surface area contributed by atoms with E-state index >= 15 is 0 Å². The minimum absolute atomic E-state index is 0.0814. The molecule has 0 radical (unpaired) electrons. The largest absolute Gasteiger partial charge is 0.478 e. The molecule has 0 unspecified atom stereocenters. The summed E-state index contributed by atoms with van der Waals surface area (Å²) in [6.07, 6.45) is 0. The Morgan fingerprint density at radius 2 is 2.00 bits per heavy atom. The molecule has 1 heterocycles. The minimum Gasteiger partial charge on any atom is -0.478 e. The zero-order chi connectivity index (χ0) is 15.8. The Balaban J connectivity index is 2.45. The number of anilines is 1. The summed E-state index contributed by atoms with van der Waals surface area (Å²) >= 11 is 4.26. The van der Waals surface area contributed by atoms with Crippen molar-refractivity contribution in [3.63, 3.8) is 0 Å². The van der Waals surface area contributed by atoms with Crippen LogP contribution in [-0.2, 0) is 10.0 Å². The van der Waals surface area contributed by atoms with Crippen molar-refractivity contribution in [2.45, 2.75) is 18.1 Å². The van der Waals surface area contributed by atoms with Gasteiger partial charge >= 0.3 is 5.97 Å². The molecule has 2 N–H and O–H groups in total. The minimum atomic E-state index is -3.74. The Kier molecular flexibility index (Phi) is 4.40. The Labute approximate surface area is 134 Å². The average molecular weight is 390 g/mol. The zero-order valence-corrected chi connectivity index (χ0v) is 14.4. The van der Waals surface area contributed by atoms with Gasteiger partial charge in [0, 0.05) is 10.2 Å². The lowest BCUT2D eigenvalue weighted by atomic mass is 10.0. The number of thiophene rings is 1. The summed E-state index contributed by atoms with van der Waals surface area (Å²) in [5.74, 6) is -1.09. The van der Waals surface area contributed by atoms with Gasteiger partial charge in [-0.25, -0.2) is 13.2 Å². The first-order valence-electron chi connectivity index (χ1n) is 5.82. The lowest BCUT2D eigenvalue weighted by Gasteiger charge is -2.11. The molecule has 0 saturated heterocycles. The topological polar surface area (TPSA) is 83.5 Å². The van der Waals surface area contributed by atoms with Gasteiger partial charge in [-0.3, -0.25) is 4.72 Å². The number of nitrogens with one attached hydrogen (secondary N) is 1. The second kappa shape index (κ2) is 5.78. The predicted octanol–water partition coefficient (Wildman–Crippen LogP) is 3.63. The summed E-state index contributed by atoms with van der Waals surface area (Å²) in [5.41, 5.74) is 1.63. The third kappa shape index (κ3) is 3.28. The highest BCUT2D eigenvalue weighted by Crippen LogP contribution is 2.30. The van der Waals surface area contributed by atoms with Gasteiger partial charge in [-0.15, -0.1) is 11.3 Å². The van der Waals surface area contributed by atoms with E-state index in [0.29, 0.717) is 15.6 Å². The van der Waals surface area contributed by atoms with Crippen molar-refractivity contribution in [1.82, 2.24) is 0 Å². The summed E-state index contributed by atoms with van der Waals surface area (Å²) in [7, 11) is -3.74. The molecule has 0 aliphatic carbocycles. The van der Waals surface area contributed by atoms with Gasteiger partial charge in [0.2, 0.25) is 0 Å². The molecule has 5 nitrogen and oxygen atoms in total. The van der Waals surface area contributed by atoms with Crippen LogP contribution in [-0.4, -0.2) is 19.5 Å². The molecule has 2 rings (SSSR count). The predicted molar refractivity (Wildman–Crippen MR) is 85.7 cm³/mol. The molecule has 1 aromatic carbocycles. The fraction of sp³-hybridized carbons (Fsp3) is 0.154. The van der Waals surface area contributed by atoms with Crippen LogP contribution in [0.3, 0.4) is 0 Å². The number of aromatic carboxylic acids is 1. The fourth-order valence-electron chi connectivity index (χ4n) is 1.81. The van der Waals surface area contributed by atoms with Crippen LogP contribution in [0.15, 0.2) is 32.3 Å². The second-order valence-electron chi connectivity index (χ2n) is 4.43. The van der Waals surface area contributed by atoms with E-state index in [4.69, 9.17) is 5.11 Å². The maximum atomic E-state index is 12.3. The molecule has 0 spiro atoms. The fourth-order valence-corrected chi connectivity index (χ4v) is 5.19. The van der Waals surface area contributed by atoms with Crippen molar-refractivity contribution >= 4 is 48.9 Å². The van der Waals surface area contributed by atoms with E-state index in [9.17, 15) is 13.2 Å². The maximum absolute atomic E-state index is 12.3. The third-order valence-electron chi connectivity index (χ3n) is 2.98. The van der Waals surface area contributed by atoms with E-state index in [1.807, 2.05) is 0 Å². The molecule has 1 aromatic heterocycles. The first kappa shape index (κ1) is 16.0. The van der Waals surface area contributed by atoms with Crippen molar-refractivity contribution in [2.75, 3.05) is 4.72 Å². The van der Waals surface area contributed by atoms with Crippen LogP contribution in [0.25, 0.3) is 0 Å². The van der Waals surface area contributed by atoms with Gasteiger partial charge in [-0.05, 0) is 64.5 Å². The zero-order valence-electron chi connectivity index (χ0n) is 11.2. The summed E-state index contributed by atoms with van der Waals surface area (Å²) in [5, 5.41) is 10.8. The maximum Gasteiger partial charge on any atom is 0.336 e. The number of halogens is 1. The highest BCUT2D eigenvalue weighted by Gasteiger charge is 2.20. The Bertz CT molecular complexity index is 812. The van der Waals surface area contributed by atoms with Crippen molar-refractivity contribution < 1.29 is 18.3 Å². The highest BCUT2D eigenvalue weighted by molar-refractivity contribution is 9.10. The van der Waals surface area contributed by atoms with Crippen molar-refractivity contribution in [2.24, 2.45) is 0 Å². The molecular weight excluding hydrogens is 378 g/mol. The average Bonchev–Trinajstić information content (AvgIpc) is 2.80. The molecule has 0 bridgehead atoms. The number of hydrogen-bond donors (Lipinski definition) is 2. The lowest BCUT2D eigenvalue weighted by Crippen LogP contribution is -2.13. The normalized spacial score (nSPS) is 11.4. The Morgan fingerprint density at radius 3 is 2.52 bits per heavy atom. The van der Waals surface area contributed by atoms with Gasteiger partial charge < -0.3 is 5.11 Å². The van der Waals surface area contributed by atoms with Crippen LogP contribution in [0.4, 0.5) is 5.69 Å². The molecule has 0 atom stereocenters. The summed E-state index contributed by atoms with van der Waals surface area (Å²) in [6.45, 7) is 3.42. The Hall–Kier alpha value is -1.38. The third-order valence-corrected chi connectivity index (χ3v) is 7.03. The summed E-state index contributed by atoms with van der Waals surface area (Å²) in [4.78, 5) is 11.2. The van der Waals surface area contributed by atoms with E-state index < -0.39 is 16.0 Å². The molecule has 21 heavy (non-hydrogen) atoms. The number of hydrogen-bond acceptors (Lipinski definition) is 4. The van der Waals surface area contributed by atoms with E-state index in [1.54, 1.807) is 31.4 Å². The molecule has 112 valence electrons. The highest BCUT2D eigenvalue weighted by atomic mass is 79.9. The number of carbonyl (C=O) groups is 1. The summed E-state index contributed by atoms with van der Waals surface area (Å²) in [6, 6.07) is 4.58. The number of carboxylic acids is 1. The van der Waals surface area contributed by atoms with Crippen molar-refractivity contribution in [3.05, 3.63) is 44.7 Å². The number of rotatable bonds is 4. The van der Waals surface area contributed by atoms with E-state index in [1.165, 1.54) is 6.07 Å². The Morgan fingerprint density at radius 1 is 1.33 bits per heavy atom. The van der Waals surface area contributed by atoms with Crippen molar-refractivity contribution in [3.8, 4) is 0 Å². The van der Waals surface area contributed by atoms with Gasteiger partial charge in [-0.2, -0.15) is 0 Å². The van der Waals surface area contributed by atoms with E-state index in [2.05, 4.69) is 20.7 Å². The molecule has 8 heteroatoms. The number of benzene rings is 1. The van der Waals surface area contributed by atoms with Crippen LogP contribution in [0, 0.1) is 13.8 Å². The van der Waals surface area contributed by atoms with Crippen LogP contribution in [0.5, 0.6) is 0 Å². The van der Waals surface area contributed by atoms with Crippen LogP contribution >= 0.6 is 27.3 Å². The van der Waals surface area contributed by atoms with Crippen LogP contribution in [0.1, 0.15) is 21.5 Å². The second-order valence-corrected chi connectivity index (χ2v) is 8.08. The molecule has 0 fully saturated rings. The van der Waals surface area contributed by atoms with E-state index in [0.717, 1.165) is 11.3 Å². The molecule has 2 aromatic rings. The molecular formula is C13H12BrNO4S2. The smallest absolute Gasteiger partial charge is 0.336 e. The van der Waals surface area contributed by atoms with Gasteiger partial charge in [0.25, 0.3) is 10.0 Å². The number of carboxylic acid groups (broad SMARTS) is 1. The number of sulfonamides is 1. The quantitative estimate of drug-likeness (QED) is 0.835. The SMILES string of the molecule is Cc1cc(NS(=O)(=O)c2sccc2Br)cc(C(=O)O)c1C. The first-order chi connectivity index (χ1) is 9.72. The van der Waals surface area contributed by atoms with Crippen molar-refractivity contribution in [1.29, 1.82) is 0 Å². The van der Waals surface area contributed by atoms with Gasteiger partial charge in [0.1, 0.15) is 0 Å². The number of aryl methyl sites for hydroxylation is 1. The van der Waals surface area contributed by atoms with E-state index in [-0.39, 0.29) is 15.5 Å². The van der Waals surface area contributed by atoms with Gasteiger partial charge in [0.15, 0.2) is 4.21 Å². The molecule has 0 amide bonds. The standard InChI is InChI=1S/C13H12BrNO4S2/c1-7-5-9(6-10(8(7)2)12(16)17)15-21(18,19)13-11(14)3-4-20-13/h3-6,15H,1-2H3,(H,16,17). The van der Waals surface area contributed by atoms with Crippen LogP contribution < -0.4 is 4.72 Å².